The monoisotopic (exact) mass is 356 g/mol. The van der Waals surface area contributed by atoms with Crippen LogP contribution in [-0.4, -0.2) is 34.3 Å². The maximum atomic E-state index is 6.17. The number of aromatic nitrogens is 3. The molecule has 140 valence electrons. The summed E-state index contributed by atoms with van der Waals surface area (Å²) in [5.74, 6) is 2.67. The van der Waals surface area contributed by atoms with Crippen LogP contribution in [0.5, 0.6) is 5.75 Å². The van der Waals surface area contributed by atoms with Crippen LogP contribution in [0.2, 0.25) is 0 Å². The largest absolute Gasteiger partial charge is 0.493 e. The van der Waals surface area contributed by atoms with Crippen LogP contribution in [0.4, 0.5) is 0 Å². The van der Waals surface area contributed by atoms with Gasteiger partial charge in [0.1, 0.15) is 11.4 Å². The molecular formula is C20H28N4O2. The summed E-state index contributed by atoms with van der Waals surface area (Å²) in [6.07, 6.45) is 7.93. The van der Waals surface area contributed by atoms with Crippen LogP contribution in [-0.2, 0) is 5.41 Å². The maximum absolute atomic E-state index is 6.17. The molecule has 6 nitrogen and oxygen atoms in total. The second-order valence-corrected chi connectivity index (χ2v) is 8.49. The molecule has 1 N–H and O–H groups in total. The number of ether oxygens (including phenoxy) is 1. The molecule has 1 aliphatic heterocycles. The van der Waals surface area contributed by atoms with E-state index in [-0.39, 0.29) is 5.41 Å². The van der Waals surface area contributed by atoms with E-state index in [9.17, 15) is 0 Å². The Balaban J connectivity index is 1.51. The van der Waals surface area contributed by atoms with E-state index in [2.05, 4.69) is 41.2 Å². The third kappa shape index (κ3) is 3.90. The fourth-order valence-electron chi connectivity index (χ4n) is 3.34. The number of pyridine rings is 1. The van der Waals surface area contributed by atoms with Gasteiger partial charge in [0.2, 0.25) is 11.7 Å². The molecule has 2 aliphatic rings. The predicted octanol–water partition coefficient (Wildman–Crippen LogP) is 3.83. The minimum atomic E-state index is -0.174. The lowest BCUT2D eigenvalue weighted by Crippen LogP contribution is -2.23. The zero-order chi connectivity index (χ0) is 18.1. The molecule has 2 aromatic heterocycles. The minimum absolute atomic E-state index is 0.174. The van der Waals surface area contributed by atoms with E-state index in [1.165, 1.54) is 31.2 Å². The molecule has 2 aromatic rings. The molecule has 6 heteroatoms. The van der Waals surface area contributed by atoms with Crippen LogP contribution >= 0.6 is 0 Å². The van der Waals surface area contributed by atoms with Gasteiger partial charge < -0.3 is 14.6 Å². The topological polar surface area (TPSA) is 73.1 Å². The Morgan fingerprint density at radius 2 is 2.12 bits per heavy atom. The van der Waals surface area contributed by atoms with E-state index in [4.69, 9.17) is 9.26 Å². The van der Waals surface area contributed by atoms with Crippen molar-refractivity contribution in [2.75, 3.05) is 13.2 Å². The van der Waals surface area contributed by atoms with Crippen molar-refractivity contribution >= 4 is 0 Å². The summed E-state index contributed by atoms with van der Waals surface area (Å²) < 4.78 is 11.6. The molecule has 0 spiro atoms. The zero-order valence-electron chi connectivity index (χ0n) is 15.9. The molecule has 0 bridgehead atoms. The third-order valence-electron chi connectivity index (χ3n) is 5.10. The van der Waals surface area contributed by atoms with E-state index in [1.54, 1.807) is 0 Å². The van der Waals surface area contributed by atoms with Gasteiger partial charge in [-0.2, -0.15) is 4.98 Å². The molecule has 1 aliphatic carbocycles. The minimum Gasteiger partial charge on any atom is -0.493 e. The van der Waals surface area contributed by atoms with Crippen molar-refractivity contribution in [2.45, 2.75) is 70.3 Å². The van der Waals surface area contributed by atoms with E-state index in [0.29, 0.717) is 29.4 Å². The quantitative estimate of drug-likeness (QED) is 0.848. The molecule has 1 atom stereocenters. The number of rotatable bonds is 6. The SMILES string of the molecule is CC(C)(C)c1nc(-c2cc(OCCC3CCCN3)c(C3CC3)cn2)no1. The van der Waals surface area contributed by atoms with E-state index < -0.39 is 0 Å². The van der Waals surface area contributed by atoms with Crippen molar-refractivity contribution in [3.8, 4) is 17.3 Å². The zero-order valence-corrected chi connectivity index (χ0v) is 15.9. The molecule has 1 saturated carbocycles. The molecule has 1 saturated heterocycles. The Labute approximate surface area is 154 Å². The van der Waals surface area contributed by atoms with Gasteiger partial charge in [0.25, 0.3) is 0 Å². The molecule has 1 unspecified atom stereocenters. The second-order valence-electron chi connectivity index (χ2n) is 8.49. The van der Waals surface area contributed by atoms with Gasteiger partial charge in [-0.1, -0.05) is 25.9 Å². The normalized spacial score (nSPS) is 20.5. The van der Waals surface area contributed by atoms with Gasteiger partial charge in [-0.25, -0.2) is 0 Å². The van der Waals surface area contributed by atoms with Gasteiger partial charge >= 0.3 is 0 Å². The number of nitrogens with one attached hydrogen (secondary N) is 1. The summed E-state index contributed by atoms with van der Waals surface area (Å²) in [6, 6.07) is 2.57. The highest BCUT2D eigenvalue weighted by Gasteiger charge is 2.29. The number of hydrogen-bond acceptors (Lipinski definition) is 6. The van der Waals surface area contributed by atoms with Crippen molar-refractivity contribution in [3.63, 3.8) is 0 Å². The van der Waals surface area contributed by atoms with Crippen molar-refractivity contribution in [1.82, 2.24) is 20.4 Å². The average molecular weight is 356 g/mol. The van der Waals surface area contributed by atoms with Gasteiger partial charge in [-0.3, -0.25) is 4.98 Å². The van der Waals surface area contributed by atoms with Crippen LogP contribution in [0.1, 0.15) is 70.2 Å². The lowest BCUT2D eigenvalue weighted by molar-refractivity contribution is 0.289. The standard InChI is InChI=1S/C20H28N4O2/c1-20(2,3)19-23-18(24-26-19)16-11-17(15(12-22-16)13-6-7-13)25-10-8-14-5-4-9-21-14/h11-14,21H,4-10H2,1-3H3. The number of nitrogens with zero attached hydrogens (tertiary/aromatic N) is 3. The van der Waals surface area contributed by atoms with E-state index in [0.717, 1.165) is 25.3 Å². The molecule has 4 rings (SSSR count). The van der Waals surface area contributed by atoms with Crippen LogP contribution < -0.4 is 10.1 Å². The molecular weight excluding hydrogens is 328 g/mol. The lowest BCUT2D eigenvalue weighted by atomic mass is 9.97. The summed E-state index contributed by atoms with van der Waals surface area (Å²) in [7, 11) is 0. The van der Waals surface area contributed by atoms with Gasteiger partial charge in [-0.05, 0) is 44.6 Å². The second kappa shape index (κ2) is 6.99. The fourth-order valence-corrected chi connectivity index (χ4v) is 3.34. The van der Waals surface area contributed by atoms with Crippen LogP contribution in [0.15, 0.2) is 16.8 Å². The van der Waals surface area contributed by atoms with E-state index >= 15 is 0 Å². The summed E-state index contributed by atoms with van der Waals surface area (Å²) in [4.78, 5) is 9.09. The van der Waals surface area contributed by atoms with Crippen molar-refractivity contribution < 1.29 is 9.26 Å². The summed E-state index contributed by atoms with van der Waals surface area (Å²) in [5, 5.41) is 7.64. The molecule has 3 heterocycles. The number of hydrogen-bond donors (Lipinski definition) is 1. The Kier molecular flexibility index (Phi) is 4.69. The van der Waals surface area contributed by atoms with Gasteiger partial charge in [-0.15, -0.1) is 0 Å². The fraction of sp³-hybridized carbons (Fsp3) is 0.650. The highest BCUT2D eigenvalue weighted by molar-refractivity contribution is 5.54. The van der Waals surface area contributed by atoms with Crippen LogP contribution in [0.3, 0.4) is 0 Å². The molecule has 2 fully saturated rings. The average Bonchev–Trinajstić information content (AvgIpc) is 3.10. The van der Waals surface area contributed by atoms with Crippen LogP contribution in [0.25, 0.3) is 11.5 Å². The molecule has 0 aromatic carbocycles. The smallest absolute Gasteiger partial charge is 0.232 e. The van der Waals surface area contributed by atoms with Gasteiger partial charge in [0.05, 0.1) is 6.61 Å². The van der Waals surface area contributed by atoms with Gasteiger partial charge in [0, 0.05) is 29.3 Å². The van der Waals surface area contributed by atoms with Crippen molar-refractivity contribution in [3.05, 3.63) is 23.7 Å². The third-order valence-corrected chi connectivity index (χ3v) is 5.10. The first kappa shape index (κ1) is 17.5. The van der Waals surface area contributed by atoms with Crippen molar-refractivity contribution in [2.24, 2.45) is 0 Å². The maximum Gasteiger partial charge on any atom is 0.232 e. The van der Waals surface area contributed by atoms with Gasteiger partial charge in [0.15, 0.2) is 0 Å². The first-order chi connectivity index (χ1) is 12.5. The molecule has 0 amide bonds. The first-order valence-corrected chi connectivity index (χ1v) is 9.71. The predicted molar refractivity (Wildman–Crippen MR) is 99.3 cm³/mol. The summed E-state index contributed by atoms with van der Waals surface area (Å²) in [6.45, 7) is 8.02. The highest BCUT2D eigenvalue weighted by atomic mass is 16.5. The summed E-state index contributed by atoms with van der Waals surface area (Å²) in [5.41, 5.74) is 1.75. The van der Waals surface area contributed by atoms with Crippen molar-refractivity contribution in [1.29, 1.82) is 0 Å². The Bertz CT molecular complexity index is 755. The molecule has 0 radical (unpaired) electrons. The Hall–Kier alpha value is -1.95. The summed E-state index contributed by atoms with van der Waals surface area (Å²) >= 11 is 0. The first-order valence-electron chi connectivity index (χ1n) is 9.71. The Morgan fingerprint density at radius 1 is 1.27 bits per heavy atom. The lowest BCUT2D eigenvalue weighted by Gasteiger charge is -2.14. The van der Waals surface area contributed by atoms with Crippen LogP contribution in [0, 0.1) is 0 Å². The Morgan fingerprint density at radius 3 is 2.77 bits per heavy atom. The van der Waals surface area contributed by atoms with E-state index in [1.807, 2.05) is 12.3 Å². The highest BCUT2D eigenvalue weighted by Crippen LogP contribution is 2.44. The molecule has 26 heavy (non-hydrogen) atoms.